The van der Waals surface area contributed by atoms with Gasteiger partial charge in [-0.15, -0.1) is 21.5 Å². The van der Waals surface area contributed by atoms with Crippen LogP contribution in [-0.2, 0) is 5.75 Å². The second-order valence-corrected chi connectivity index (χ2v) is 7.03. The molecule has 0 N–H and O–H groups in total. The maximum absolute atomic E-state index is 13.1. The minimum atomic E-state index is -0.245. The number of hydrogen-bond acceptors (Lipinski definition) is 7. The molecule has 0 saturated heterocycles. The zero-order valence-corrected chi connectivity index (χ0v) is 14.2. The van der Waals surface area contributed by atoms with E-state index in [9.17, 15) is 4.39 Å². The van der Waals surface area contributed by atoms with Crippen molar-refractivity contribution < 1.29 is 8.81 Å². The molecule has 3 heterocycles. The maximum Gasteiger partial charge on any atom is 0.226 e. The van der Waals surface area contributed by atoms with Crippen LogP contribution in [0, 0.1) is 12.7 Å². The van der Waals surface area contributed by atoms with Crippen LogP contribution in [0.3, 0.4) is 0 Å². The largest absolute Gasteiger partial charge is 0.425 e. The van der Waals surface area contributed by atoms with Crippen LogP contribution in [0.25, 0.3) is 20.7 Å². The lowest BCUT2D eigenvalue weighted by molar-refractivity contribution is 0.485. The van der Waals surface area contributed by atoms with Crippen LogP contribution < -0.4 is 0 Å². The first-order chi connectivity index (χ1) is 11.7. The molecule has 0 fully saturated rings. The molecule has 0 saturated carbocycles. The number of nitrogens with zero attached hydrogens (tertiary/aromatic N) is 4. The number of aromatic nitrogens is 4. The summed E-state index contributed by atoms with van der Waals surface area (Å²) in [5.74, 6) is 1.43. The number of fused-ring (bicyclic) bond motifs is 1. The van der Waals surface area contributed by atoms with E-state index in [1.165, 1.54) is 23.9 Å². The van der Waals surface area contributed by atoms with Crippen LogP contribution in [0.1, 0.15) is 11.8 Å². The van der Waals surface area contributed by atoms with Crippen molar-refractivity contribution in [3.05, 3.63) is 54.3 Å². The topological polar surface area (TPSA) is 64.7 Å². The van der Waals surface area contributed by atoms with Gasteiger partial charge in [0.2, 0.25) is 11.8 Å². The van der Waals surface area contributed by atoms with Crippen molar-refractivity contribution in [3.8, 4) is 10.4 Å². The van der Waals surface area contributed by atoms with Crippen LogP contribution >= 0.6 is 23.1 Å². The van der Waals surface area contributed by atoms with Crippen LogP contribution in [-0.4, -0.2) is 20.2 Å². The Morgan fingerprint density at radius 1 is 1.17 bits per heavy atom. The number of aryl methyl sites for hydroxylation is 1. The lowest BCUT2D eigenvalue weighted by Crippen LogP contribution is -1.85. The number of rotatable bonds is 4. The fourth-order valence-corrected chi connectivity index (χ4v) is 4.25. The summed E-state index contributed by atoms with van der Waals surface area (Å²) >= 11 is 3.12. The van der Waals surface area contributed by atoms with Crippen LogP contribution in [0.4, 0.5) is 4.39 Å². The number of benzene rings is 1. The second-order valence-electron chi connectivity index (χ2n) is 5.01. The summed E-state index contributed by atoms with van der Waals surface area (Å²) in [6.45, 7) is 1.76. The molecule has 5 nitrogen and oxygen atoms in total. The molecule has 0 aliphatic carbocycles. The molecule has 120 valence electrons. The Hall–Kier alpha value is -2.32. The van der Waals surface area contributed by atoms with E-state index in [1.807, 2.05) is 6.07 Å². The lowest BCUT2D eigenvalue weighted by atomic mass is 10.2. The number of halogens is 1. The number of thiophene rings is 1. The van der Waals surface area contributed by atoms with Gasteiger partial charge in [-0.3, -0.25) is 0 Å². The third-order valence-corrected chi connectivity index (χ3v) is 5.59. The highest BCUT2D eigenvalue weighted by Crippen LogP contribution is 2.37. The molecule has 0 radical (unpaired) electrons. The predicted molar refractivity (Wildman–Crippen MR) is 91.4 cm³/mol. The van der Waals surface area contributed by atoms with E-state index in [0.717, 1.165) is 25.7 Å². The Kier molecular flexibility index (Phi) is 3.99. The Morgan fingerprint density at radius 2 is 2.00 bits per heavy atom. The molecule has 3 aromatic heterocycles. The van der Waals surface area contributed by atoms with Gasteiger partial charge in [-0.2, -0.15) is 0 Å². The first kappa shape index (κ1) is 15.2. The average molecular weight is 358 g/mol. The van der Waals surface area contributed by atoms with E-state index in [0.29, 0.717) is 17.5 Å². The monoisotopic (exact) mass is 358 g/mol. The van der Waals surface area contributed by atoms with Crippen molar-refractivity contribution in [2.75, 3.05) is 0 Å². The molecule has 0 aliphatic rings. The first-order valence-electron chi connectivity index (χ1n) is 7.11. The summed E-state index contributed by atoms with van der Waals surface area (Å²) in [6.07, 6.45) is 1.55. The van der Waals surface area contributed by atoms with Crippen LogP contribution in [0.15, 0.2) is 46.1 Å². The molecule has 0 amide bonds. The van der Waals surface area contributed by atoms with Gasteiger partial charge < -0.3 is 4.42 Å². The zero-order chi connectivity index (χ0) is 16.5. The smallest absolute Gasteiger partial charge is 0.226 e. The van der Waals surface area contributed by atoms with E-state index in [-0.39, 0.29) is 5.82 Å². The van der Waals surface area contributed by atoms with Gasteiger partial charge in [0.15, 0.2) is 0 Å². The number of hydrogen-bond donors (Lipinski definition) is 0. The van der Waals surface area contributed by atoms with Crippen LogP contribution in [0.5, 0.6) is 0 Å². The van der Waals surface area contributed by atoms with Crippen molar-refractivity contribution in [2.24, 2.45) is 0 Å². The fourth-order valence-electron chi connectivity index (χ4n) is 2.22. The van der Waals surface area contributed by atoms with E-state index >= 15 is 0 Å². The Morgan fingerprint density at radius 3 is 2.75 bits per heavy atom. The number of thioether (sulfide) groups is 1. The molecule has 24 heavy (non-hydrogen) atoms. The van der Waals surface area contributed by atoms with E-state index in [2.05, 4.69) is 20.2 Å². The van der Waals surface area contributed by atoms with Gasteiger partial charge in [-0.25, -0.2) is 14.4 Å². The summed E-state index contributed by atoms with van der Waals surface area (Å²) in [7, 11) is 0. The Bertz CT molecular complexity index is 997. The third kappa shape index (κ3) is 3.02. The molecule has 0 spiro atoms. The highest BCUT2D eigenvalue weighted by atomic mass is 32.2. The minimum absolute atomic E-state index is 0.245. The second kappa shape index (κ2) is 6.29. The molecule has 0 unspecified atom stereocenters. The highest BCUT2D eigenvalue weighted by Gasteiger charge is 2.12. The lowest BCUT2D eigenvalue weighted by Gasteiger charge is -1.98. The molecule has 4 rings (SSSR count). The average Bonchev–Trinajstić information content (AvgIpc) is 3.20. The Labute approximate surface area is 145 Å². The van der Waals surface area contributed by atoms with Crippen molar-refractivity contribution in [2.45, 2.75) is 17.7 Å². The molecule has 4 aromatic rings. The zero-order valence-electron chi connectivity index (χ0n) is 12.6. The summed E-state index contributed by atoms with van der Waals surface area (Å²) in [6, 6.07) is 8.44. The van der Waals surface area contributed by atoms with Crippen molar-refractivity contribution in [3.63, 3.8) is 0 Å². The van der Waals surface area contributed by atoms with Gasteiger partial charge in [0, 0.05) is 11.8 Å². The maximum atomic E-state index is 13.1. The molecular formula is C16H11FN4OS2. The predicted octanol–water partition coefficient (Wildman–Crippen LogP) is 4.48. The van der Waals surface area contributed by atoms with Gasteiger partial charge >= 0.3 is 0 Å². The highest BCUT2D eigenvalue weighted by molar-refractivity contribution is 7.98. The van der Waals surface area contributed by atoms with Crippen molar-refractivity contribution in [1.29, 1.82) is 0 Å². The first-order valence-corrected chi connectivity index (χ1v) is 8.91. The van der Waals surface area contributed by atoms with E-state index < -0.39 is 0 Å². The van der Waals surface area contributed by atoms with Gasteiger partial charge in [0.05, 0.1) is 16.0 Å². The molecule has 0 atom stereocenters. The van der Waals surface area contributed by atoms with Gasteiger partial charge in [0.1, 0.15) is 17.2 Å². The standard InChI is InChI=1S/C16H11FN4OS2/c1-9-20-21-14(22-9)7-23-16-15-12(18-8-19-16)6-13(24-15)10-2-4-11(17)5-3-10/h2-6,8H,7H2,1H3. The quantitative estimate of drug-likeness (QED) is 0.396. The van der Waals surface area contributed by atoms with Gasteiger partial charge in [0.25, 0.3) is 0 Å². The summed E-state index contributed by atoms with van der Waals surface area (Å²) in [5.41, 5.74) is 1.83. The Balaban J connectivity index is 1.65. The van der Waals surface area contributed by atoms with Gasteiger partial charge in [-0.1, -0.05) is 23.9 Å². The SMILES string of the molecule is Cc1nnc(CSc2ncnc3cc(-c4ccc(F)cc4)sc23)o1. The van der Waals surface area contributed by atoms with Gasteiger partial charge in [-0.05, 0) is 23.8 Å². The molecule has 1 aromatic carbocycles. The summed E-state index contributed by atoms with van der Waals surface area (Å²) in [5, 5.41) is 8.68. The third-order valence-electron chi connectivity index (χ3n) is 3.31. The fraction of sp³-hybridized carbons (Fsp3) is 0.125. The minimum Gasteiger partial charge on any atom is -0.425 e. The normalized spacial score (nSPS) is 11.2. The molecular weight excluding hydrogens is 347 g/mol. The van der Waals surface area contributed by atoms with Crippen molar-refractivity contribution in [1.82, 2.24) is 20.2 Å². The van der Waals surface area contributed by atoms with Crippen molar-refractivity contribution >= 4 is 33.3 Å². The van der Waals surface area contributed by atoms with Crippen LogP contribution in [0.2, 0.25) is 0 Å². The summed E-state index contributed by atoms with van der Waals surface area (Å²) < 4.78 is 19.5. The molecule has 8 heteroatoms. The molecule has 0 bridgehead atoms. The molecule has 0 aliphatic heterocycles. The van der Waals surface area contributed by atoms with E-state index in [4.69, 9.17) is 4.42 Å². The van der Waals surface area contributed by atoms with E-state index in [1.54, 1.807) is 36.7 Å². The summed E-state index contributed by atoms with van der Waals surface area (Å²) in [4.78, 5) is 9.72.